The molecule has 1 heteroatoms. The number of unbranched alkanes of at least 4 members (excludes halogenated alkanes) is 1. The summed E-state index contributed by atoms with van der Waals surface area (Å²) in [5.74, 6) is 0. The summed E-state index contributed by atoms with van der Waals surface area (Å²) in [4.78, 5) is 0. The Balaban J connectivity index is 3.46. The minimum atomic E-state index is -0.120. The summed E-state index contributed by atoms with van der Waals surface area (Å²) in [5.41, 5.74) is 0.250. The highest BCUT2D eigenvalue weighted by atomic mass is 16.3. The Bertz CT molecular complexity index is 142. The van der Waals surface area contributed by atoms with Gasteiger partial charge in [-0.3, -0.25) is 0 Å². The zero-order valence-electron chi connectivity index (χ0n) is 9.51. The quantitative estimate of drug-likeness (QED) is 0.512. The molecule has 0 aliphatic heterocycles. The minimum absolute atomic E-state index is 0.120. The monoisotopic (exact) mass is 184 g/mol. The molecule has 0 bridgehead atoms. The van der Waals surface area contributed by atoms with Crippen molar-refractivity contribution in [2.24, 2.45) is 5.41 Å². The van der Waals surface area contributed by atoms with Gasteiger partial charge in [-0.2, -0.15) is 0 Å². The molecule has 0 saturated heterocycles. The topological polar surface area (TPSA) is 20.2 Å². The zero-order chi connectivity index (χ0) is 10.3. The lowest BCUT2D eigenvalue weighted by Gasteiger charge is -2.22. The molecular formula is C12H24O. The first-order valence-corrected chi connectivity index (χ1v) is 5.25. The van der Waals surface area contributed by atoms with Gasteiger partial charge in [0.25, 0.3) is 0 Å². The Morgan fingerprint density at radius 2 is 1.92 bits per heavy atom. The highest BCUT2D eigenvalue weighted by Crippen LogP contribution is 2.22. The maximum atomic E-state index is 9.66. The SMILES string of the molecule is CC=CCCCC(O)CC(C)(C)C. The predicted octanol–water partition coefficient (Wildman–Crippen LogP) is 3.53. The van der Waals surface area contributed by atoms with Gasteiger partial charge in [0, 0.05) is 0 Å². The molecule has 13 heavy (non-hydrogen) atoms. The van der Waals surface area contributed by atoms with Crippen LogP contribution in [0.3, 0.4) is 0 Å². The summed E-state index contributed by atoms with van der Waals surface area (Å²) in [6, 6.07) is 0. The van der Waals surface area contributed by atoms with Gasteiger partial charge in [-0.1, -0.05) is 32.9 Å². The van der Waals surface area contributed by atoms with Gasteiger partial charge in [-0.15, -0.1) is 0 Å². The summed E-state index contributed by atoms with van der Waals surface area (Å²) in [7, 11) is 0. The molecule has 1 nitrogen and oxygen atoms in total. The van der Waals surface area contributed by atoms with E-state index in [0.29, 0.717) is 0 Å². The Labute approximate surface area is 82.9 Å². The molecule has 0 fully saturated rings. The van der Waals surface area contributed by atoms with Crippen molar-refractivity contribution in [1.82, 2.24) is 0 Å². The van der Waals surface area contributed by atoms with Crippen LogP contribution in [0.1, 0.15) is 53.4 Å². The van der Waals surface area contributed by atoms with Crippen LogP contribution in [0, 0.1) is 5.41 Å². The fraction of sp³-hybridized carbons (Fsp3) is 0.833. The highest BCUT2D eigenvalue weighted by Gasteiger charge is 2.15. The number of aliphatic hydroxyl groups is 1. The molecule has 0 rings (SSSR count). The molecule has 78 valence electrons. The van der Waals surface area contributed by atoms with Crippen LogP contribution in [0.25, 0.3) is 0 Å². The second-order valence-electron chi connectivity index (χ2n) is 4.92. The van der Waals surface area contributed by atoms with Crippen molar-refractivity contribution in [3.05, 3.63) is 12.2 Å². The van der Waals surface area contributed by atoms with Gasteiger partial charge in [-0.05, 0) is 38.0 Å². The summed E-state index contributed by atoms with van der Waals surface area (Å²) < 4.78 is 0. The summed E-state index contributed by atoms with van der Waals surface area (Å²) in [6.07, 6.45) is 8.13. The van der Waals surface area contributed by atoms with E-state index in [1.54, 1.807) is 0 Å². The first-order chi connectivity index (χ1) is 5.95. The summed E-state index contributed by atoms with van der Waals surface area (Å²) in [5, 5.41) is 9.66. The lowest BCUT2D eigenvalue weighted by molar-refractivity contribution is 0.111. The second kappa shape index (κ2) is 6.20. The van der Waals surface area contributed by atoms with Crippen LogP contribution >= 0.6 is 0 Å². The molecule has 0 spiro atoms. The van der Waals surface area contributed by atoms with Gasteiger partial charge in [0.2, 0.25) is 0 Å². The van der Waals surface area contributed by atoms with E-state index in [4.69, 9.17) is 0 Å². The van der Waals surface area contributed by atoms with Crippen molar-refractivity contribution in [3.63, 3.8) is 0 Å². The molecular weight excluding hydrogens is 160 g/mol. The van der Waals surface area contributed by atoms with Crippen molar-refractivity contribution in [3.8, 4) is 0 Å². The number of aliphatic hydroxyl groups excluding tert-OH is 1. The lowest BCUT2D eigenvalue weighted by atomic mass is 9.88. The molecule has 0 amide bonds. The molecule has 0 heterocycles. The van der Waals surface area contributed by atoms with E-state index in [-0.39, 0.29) is 11.5 Å². The average molecular weight is 184 g/mol. The van der Waals surface area contributed by atoms with E-state index >= 15 is 0 Å². The van der Waals surface area contributed by atoms with E-state index < -0.39 is 0 Å². The van der Waals surface area contributed by atoms with E-state index in [1.807, 2.05) is 6.92 Å². The predicted molar refractivity (Wildman–Crippen MR) is 58.7 cm³/mol. The van der Waals surface area contributed by atoms with E-state index in [2.05, 4.69) is 32.9 Å². The Morgan fingerprint density at radius 1 is 1.31 bits per heavy atom. The van der Waals surface area contributed by atoms with Gasteiger partial charge in [0.05, 0.1) is 6.10 Å². The van der Waals surface area contributed by atoms with Gasteiger partial charge < -0.3 is 5.11 Å². The fourth-order valence-electron chi connectivity index (χ4n) is 1.45. The molecule has 0 aromatic carbocycles. The molecule has 0 saturated carbocycles. The van der Waals surface area contributed by atoms with E-state index in [0.717, 1.165) is 25.7 Å². The first-order valence-electron chi connectivity index (χ1n) is 5.25. The van der Waals surface area contributed by atoms with E-state index in [9.17, 15) is 5.11 Å². The molecule has 0 radical (unpaired) electrons. The maximum Gasteiger partial charge on any atom is 0.0545 e. The van der Waals surface area contributed by atoms with Crippen molar-refractivity contribution in [2.75, 3.05) is 0 Å². The summed E-state index contributed by atoms with van der Waals surface area (Å²) >= 11 is 0. The third kappa shape index (κ3) is 9.62. The Hall–Kier alpha value is -0.300. The molecule has 0 aliphatic rings. The maximum absolute atomic E-state index is 9.66. The third-order valence-electron chi connectivity index (χ3n) is 1.99. The summed E-state index contributed by atoms with van der Waals surface area (Å²) in [6.45, 7) is 8.54. The molecule has 1 atom stereocenters. The molecule has 0 aliphatic carbocycles. The van der Waals surface area contributed by atoms with Crippen molar-refractivity contribution in [2.45, 2.75) is 59.5 Å². The molecule has 0 aromatic rings. The molecule has 1 N–H and O–H groups in total. The van der Waals surface area contributed by atoms with Crippen LogP contribution in [0.15, 0.2) is 12.2 Å². The van der Waals surface area contributed by atoms with Crippen LogP contribution < -0.4 is 0 Å². The minimum Gasteiger partial charge on any atom is -0.393 e. The number of hydrogen-bond acceptors (Lipinski definition) is 1. The van der Waals surface area contributed by atoms with Crippen LogP contribution in [-0.4, -0.2) is 11.2 Å². The van der Waals surface area contributed by atoms with Crippen LogP contribution in [0.4, 0.5) is 0 Å². The number of hydrogen-bond donors (Lipinski definition) is 1. The number of rotatable bonds is 5. The van der Waals surface area contributed by atoms with E-state index in [1.165, 1.54) is 0 Å². The largest absolute Gasteiger partial charge is 0.393 e. The fourth-order valence-corrected chi connectivity index (χ4v) is 1.45. The third-order valence-corrected chi connectivity index (χ3v) is 1.99. The zero-order valence-corrected chi connectivity index (χ0v) is 9.51. The smallest absolute Gasteiger partial charge is 0.0545 e. The highest BCUT2D eigenvalue weighted by molar-refractivity contribution is 4.77. The van der Waals surface area contributed by atoms with Gasteiger partial charge in [0.1, 0.15) is 0 Å². The van der Waals surface area contributed by atoms with Crippen molar-refractivity contribution < 1.29 is 5.11 Å². The average Bonchev–Trinajstić information content (AvgIpc) is 1.94. The van der Waals surface area contributed by atoms with Gasteiger partial charge in [-0.25, -0.2) is 0 Å². The van der Waals surface area contributed by atoms with Gasteiger partial charge in [0.15, 0.2) is 0 Å². The lowest BCUT2D eigenvalue weighted by Crippen LogP contribution is -2.17. The second-order valence-corrected chi connectivity index (χ2v) is 4.92. The van der Waals surface area contributed by atoms with Crippen molar-refractivity contribution >= 4 is 0 Å². The first kappa shape index (κ1) is 12.7. The number of allylic oxidation sites excluding steroid dienone is 2. The van der Waals surface area contributed by atoms with Crippen molar-refractivity contribution in [1.29, 1.82) is 0 Å². The van der Waals surface area contributed by atoms with Gasteiger partial charge >= 0.3 is 0 Å². The van der Waals surface area contributed by atoms with Crippen LogP contribution in [0.2, 0.25) is 0 Å². The standard InChI is InChI=1S/C12H24O/c1-5-6-7-8-9-11(13)10-12(2,3)4/h5-6,11,13H,7-10H2,1-4H3. The Kier molecular flexibility index (Phi) is 6.06. The Morgan fingerprint density at radius 3 is 2.38 bits per heavy atom. The van der Waals surface area contributed by atoms with Crippen LogP contribution in [0.5, 0.6) is 0 Å². The molecule has 0 aromatic heterocycles. The normalized spacial score (nSPS) is 15.2. The van der Waals surface area contributed by atoms with Crippen LogP contribution in [-0.2, 0) is 0 Å². The molecule has 1 unspecified atom stereocenters.